The van der Waals surface area contributed by atoms with Gasteiger partial charge in [-0.1, -0.05) is 13.8 Å². The highest BCUT2D eigenvalue weighted by atomic mass is 15.4. The minimum absolute atomic E-state index is 0.596. The fraction of sp³-hybridized carbons (Fsp3) is 0.765. The number of hydrogen-bond donors (Lipinski definition) is 0. The van der Waals surface area contributed by atoms with Crippen LogP contribution in [0.2, 0.25) is 0 Å². The molecule has 1 aromatic heterocycles. The number of hydrogen-bond acceptors (Lipinski definition) is 5. The first-order valence-corrected chi connectivity index (χ1v) is 8.49. The Labute approximate surface area is 134 Å². The van der Waals surface area contributed by atoms with E-state index in [9.17, 15) is 0 Å². The fourth-order valence-electron chi connectivity index (χ4n) is 4.00. The van der Waals surface area contributed by atoms with Gasteiger partial charge in [0.15, 0.2) is 0 Å². The van der Waals surface area contributed by atoms with Crippen LogP contribution in [0, 0.1) is 5.92 Å². The van der Waals surface area contributed by atoms with E-state index in [2.05, 4.69) is 52.6 Å². The van der Waals surface area contributed by atoms with Crippen LogP contribution in [0.5, 0.6) is 0 Å². The smallest absolute Gasteiger partial charge is 0.225 e. The third-order valence-electron chi connectivity index (χ3n) is 4.72. The highest BCUT2D eigenvalue weighted by Gasteiger charge is 2.40. The molecular formula is C17H29N5. The molecule has 2 atom stereocenters. The maximum atomic E-state index is 4.67. The van der Waals surface area contributed by atoms with Crippen molar-refractivity contribution in [2.75, 3.05) is 38.6 Å². The van der Waals surface area contributed by atoms with Gasteiger partial charge in [0.1, 0.15) is 0 Å². The second-order valence-electron chi connectivity index (χ2n) is 7.50. The third kappa shape index (κ3) is 3.41. The molecule has 0 N–H and O–H groups in total. The first-order chi connectivity index (χ1) is 10.5. The molecule has 3 rings (SSSR count). The van der Waals surface area contributed by atoms with Gasteiger partial charge in [0.25, 0.3) is 0 Å². The Morgan fingerprint density at radius 1 is 1.18 bits per heavy atom. The summed E-state index contributed by atoms with van der Waals surface area (Å²) < 4.78 is 0. The van der Waals surface area contributed by atoms with Crippen molar-refractivity contribution in [1.29, 1.82) is 0 Å². The van der Waals surface area contributed by atoms with Crippen molar-refractivity contribution in [2.24, 2.45) is 5.92 Å². The molecule has 0 aromatic carbocycles. The van der Waals surface area contributed by atoms with E-state index in [1.54, 1.807) is 0 Å². The molecule has 2 fully saturated rings. The Bertz CT molecular complexity index is 472. The van der Waals surface area contributed by atoms with E-state index in [-0.39, 0.29) is 0 Å². The van der Waals surface area contributed by atoms with Crippen molar-refractivity contribution in [1.82, 2.24) is 19.8 Å². The van der Waals surface area contributed by atoms with Gasteiger partial charge >= 0.3 is 0 Å². The lowest BCUT2D eigenvalue weighted by Crippen LogP contribution is -2.53. The number of likely N-dealkylation sites (tertiary alicyclic amines) is 1. The quantitative estimate of drug-likeness (QED) is 0.829. The predicted octanol–water partition coefficient (Wildman–Crippen LogP) is 1.85. The number of piperazine rings is 1. The van der Waals surface area contributed by atoms with Gasteiger partial charge in [-0.15, -0.1) is 0 Å². The van der Waals surface area contributed by atoms with Crippen molar-refractivity contribution in [3.63, 3.8) is 0 Å². The number of aromatic nitrogens is 2. The van der Waals surface area contributed by atoms with Crippen LogP contribution in [0.25, 0.3) is 0 Å². The van der Waals surface area contributed by atoms with Crippen LogP contribution in [0.4, 0.5) is 5.95 Å². The molecule has 0 aliphatic carbocycles. The number of nitrogens with zero attached hydrogens (tertiary/aromatic N) is 5. The minimum Gasteiger partial charge on any atom is -0.332 e. The fourth-order valence-corrected chi connectivity index (χ4v) is 4.00. The molecule has 0 amide bonds. The molecule has 0 radical (unpaired) electrons. The lowest BCUT2D eigenvalue weighted by molar-refractivity contribution is 0.262. The summed E-state index contributed by atoms with van der Waals surface area (Å²) in [5.74, 6) is 1.61. The predicted molar refractivity (Wildman–Crippen MR) is 90.0 cm³/mol. The number of likely N-dealkylation sites (N-methyl/N-ethyl adjacent to an activating group) is 1. The highest BCUT2D eigenvalue weighted by molar-refractivity contribution is 5.37. The Kier molecular flexibility index (Phi) is 4.64. The number of fused-ring (bicyclic) bond motifs is 2. The van der Waals surface area contributed by atoms with Gasteiger partial charge in [0, 0.05) is 56.2 Å². The lowest BCUT2D eigenvalue weighted by atomic mass is 10.2. The van der Waals surface area contributed by atoms with E-state index < -0.39 is 0 Å². The van der Waals surface area contributed by atoms with Crippen molar-refractivity contribution in [3.05, 3.63) is 18.0 Å². The van der Waals surface area contributed by atoms with Crippen LogP contribution in [0.15, 0.2) is 12.4 Å². The van der Waals surface area contributed by atoms with E-state index in [0.29, 0.717) is 18.0 Å². The molecule has 2 bridgehead atoms. The van der Waals surface area contributed by atoms with Crippen LogP contribution in [-0.4, -0.2) is 65.6 Å². The third-order valence-corrected chi connectivity index (χ3v) is 4.72. The molecule has 2 saturated heterocycles. The maximum absolute atomic E-state index is 4.67. The standard InChI is InChI=1S/C17H29N5/c1-13(2)9-20(3)10-14-7-18-17(19-8-14)22-15-5-6-16(22)12-21(4)11-15/h7-8,13,15-16H,5-6,9-12H2,1-4H3. The summed E-state index contributed by atoms with van der Waals surface area (Å²) in [6.45, 7) is 8.80. The summed E-state index contributed by atoms with van der Waals surface area (Å²) in [6.07, 6.45) is 6.57. The van der Waals surface area contributed by atoms with Crippen molar-refractivity contribution < 1.29 is 0 Å². The lowest BCUT2D eigenvalue weighted by Gasteiger charge is -2.39. The molecule has 2 aliphatic heterocycles. The SMILES string of the molecule is CC(C)CN(C)Cc1cnc(N2C3CCC2CN(C)C3)nc1. The summed E-state index contributed by atoms with van der Waals surface area (Å²) >= 11 is 0. The molecule has 0 spiro atoms. The zero-order chi connectivity index (χ0) is 15.7. The molecule has 122 valence electrons. The van der Waals surface area contributed by atoms with E-state index in [1.165, 1.54) is 18.4 Å². The van der Waals surface area contributed by atoms with Gasteiger partial charge in [-0.05, 0) is 32.9 Å². The Balaban J connectivity index is 1.65. The molecule has 5 nitrogen and oxygen atoms in total. The molecule has 5 heteroatoms. The molecule has 1 aromatic rings. The molecule has 2 aliphatic rings. The summed E-state index contributed by atoms with van der Waals surface area (Å²) in [5, 5.41) is 0. The summed E-state index contributed by atoms with van der Waals surface area (Å²) in [6, 6.07) is 1.19. The molecule has 2 unspecified atom stereocenters. The van der Waals surface area contributed by atoms with Crippen molar-refractivity contribution in [3.8, 4) is 0 Å². The van der Waals surface area contributed by atoms with Crippen LogP contribution < -0.4 is 4.90 Å². The van der Waals surface area contributed by atoms with Crippen LogP contribution in [0.1, 0.15) is 32.3 Å². The van der Waals surface area contributed by atoms with Gasteiger partial charge in [0.05, 0.1) is 0 Å². The average molecular weight is 303 g/mol. The van der Waals surface area contributed by atoms with Gasteiger partial charge in [-0.2, -0.15) is 0 Å². The van der Waals surface area contributed by atoms with E-state index in [1.807, 2.05) is 12.4 Å². The largest absolute Gasteiger partial charge is 0.332 e. The Morgan fingerprint density at radius 2 is 1.77 bits per heavy atom. The normalized spacial score (nSPS) is 25.5. The first-order valence-electron chi connectivity index (χ1n) is 8.49. The first kappa shape index (κ1) is 15.7. The Hall–Kier alpha value is -1.20. The monoisotopic (exact) mass is 303 g/mol. The van der Waals surface area contributed by atoms with E-state index >= 15 is 0 Å². The van der Waals surface area contributed by atoms with E-state index in [4.69, 9.17) is 0 Å². The van der Waals surface area contributed by atoms with Crippen LogP contribution in [-0.2, 0) is 6.54 Å². The number of rotatable bonds is 5. The zero-order valence-electron chi connectivity index (χ0n) is 14.4. The topological polar surface area (TPSA) is 35.5 Å². The summed E-state index contributed by atoms with van der Waals surface area (Å²) in [7, 11) is 4.38. The molecule has 0 saturated carbocycles. The van der Waals surface area contributed by atoms with Crippen LogP contribution in [0.3, 0.4) is 0 Å². The summed E-state index contributed by atoms with van der Waals surface area (Å²) in [4.78, 5) is 16.6. The highest BCUT2D eigenvalue weighted by Crippen LogP contribution is 2.32. The number of anilines is 1. The van der Waals surface area contributed by atoms with Crippen molar-refractivity contribution in [2.45, 2.75) is 45.3 Å². The average Bonchev–Trinajstić information content (AvgIpc) is 2.71. The van der Waals surface area contributed by atoms with Crippen molar-refractivity contribution >= 4 is 5.95 Å². The summed E-state index contributed by atoms with van der Waals surface area (Å²) in [5.41, 5.74) is 1.20. The van der Waals surface area contributed by atoms with E-state index in [0.717, 1.165) is 32.1 Å². The van der Waals surface area contributed by atoms with Gasteiger partial charge in [-0.25, -0.2) is 9.97 Å². The van der Waals surface area contributed by atoms with Gasteiger partial charge in [-0.3, -0.25) is 0 Å². The Morgan fingerprint density at radius 3 is 2.32 bits per heavy atom. The second kappa shape index (κ2) is 6.50. The van der Waals surface area contributed by atoms with Gasteiger partial charge in [0.2, 0.25) is 5.95 Å². The minimum atomic E-state index is 0.596. The zero-order valence-corrected chi connectivity index (χ0v) is 14.4. The molecule has 22 heavy (non-hydrogen) atoms. The van der Waals surface area contributed by atoms with Gasteiger partial charge < -0.3 is 14.7 Å². The van der Waals surface area contributed by atoms with Crippen LogP contribution >= 0.6 is 0 Å². The maximum Gasteiger partial charge on any atom is 0.225 e. The molecule has 3 heterocycles. The molecular weight excluding hydrogens is 274 g/mol. The second-order valence-corrected chi connectivity index (χ2v) is 7.50.